The molecule has 0 spiro atoms. The van der Waals surface area contributed by atoms with Gasteiger partial charge >= 0.3 is 0 Å². The van der Waals surface area contributed by atoms with E-state index in [9.17, 15) is 0 Å². The summed E-state index contributed by atoms with van der Waals surface area (Å²) in [7, 11) is 0. The van der Waals surface area contributed by atoms with Gasteiger partial charge in [0.15, 0.2) is 0 Å². The Morgan fingerprint density at radius 1 is 1.56 bits per heavy atom. The molecule has 1 aromatic rings. The maximum absolute atomic E-state index is 5.77. The summed E-state index contributed by atoms with van der Waals surface area (Å²) in [5, 5.41) is 4.67. The lowest BCUT2D eigenvalue weighted by Crippen LogP contribution is -2.27. The highest BCUT2D eigenvalue weighted by Crippen LogP contribution is 2.23. The highest BCUT2D eigenvalue weighted by molar-refractivity contribution is 5.01. The molecule has 1 saturated heterocycles. The summed E-state index contributed by atoms with van der Waals surface area (Å²) in [6.07, 6.45) is 4.45. The van der Waals surface area contributed by atoms with Crippen molar-refractivity contribution in [2.75, 3.05) is 13.1 Å². The van der Waals surface area contributed by atoms with Crippen LogP contribution in [0.3, 0.4) is 0 Å². The Bertz CT molecular complexity index is 374. The van der Waals surface area contributed by atoms with Gasteiger partial charge in [-0.25, -0.2) is 0 Å². The van der Waals surface area contributed by atoms with Gasteiger partial charge in [-0.15, -0.1) is 0 Å². The fourth-order valence-electron chi connectivity index (χ4n) is 2.71. The molecule has 1 fully saturated rings. The zero-order valence-electron chi connectivity index (χ0n) is 11.8. The third kappa shape index (κ3) is 2.93. The Kier molecular flexibility index (Phi) is 4.40. The van der Waals surface area contributed by atoms with Crippen LogP contribution in [0, 0.1) is 5.92 Å². The lowest BCUT2D eigenvalue weighted by atomic mass is 10.1. The fraction of sp³-hybridized carbons (Fsp3) is 0.786. The van der Waals surface area contributed by atoms with Gasteiger partial charge in [-0.05, 0) is 45.2 Å². The topological polar surface area (TPSA) is 47.1 Å². The van der Waals surface area contributed by atoms with Crippen molar-refractivity contribution in [1.29, 1.82) is 0 Å². The maximum Gasteiger partial charge on any atom is 0.0764 e. The molecule has 1 aliphatic rings. The lowest BCUT2D eigenvalue weighted by Gasteiger charge is -2.19. The van der Waals surface area contributed by atoms with Crippen molar-refractivity contribution in [3.63, 3.8) is 0 Å². The Labute approximate surface area is 110 Å². The van der Waals surface area contributed by atoms with Crippen molar-refractivity contribution in [3.05, 3.63) is 18.0 Å². The first-order chi connectivity index (χ1) is 8.63. The number of likely N-dealkylation sites (tertiary alicyclic amines) is 1. The van der Waals surface area contributed by atoms with Crippen LogP contribution in [-0.2, 0) is 6.54 Å². The maximum atomic E-state index is 5.77. The largest absolute Gasteiger partial charge is 0.330 e. The summed E-state index contributed by atoms with van der Waals surface area (Å²) in [6.45, 7) is 9.58. The third-order valence-electron chi connectivity index (χ3n) is 4.19. The Hall–Kier alpha value is -0.870. The molecule has 2 rings (SSSR count). The zero-order valence-corrected chi connectivity index (χ0v) is 11.8. The normalized spacial score (nSPS) is 26.7. The molecular weight excluding hydrogens is 224 g/mol. The van der Waals surface area contributed by atoms with Crippen LogP contribution in [0.1, 0.15) is 45.3 Å². The molecule has 102 valence electrons. The SMILES string of the molecule is CCC(C)n1ccc(CN2CC(CN)CC2C)n1. The average Bonchev–Trinajstić information content (AvgIpc) is 2.97. The molecule has 0 amide bonds. The van der Waals surface area contributed by atoms with Crippen molar-refractivity contribution >= 4 is 0 Å². The Balaban J connectivity index is 1.95. The first-order valence-corrected chi connectivity index (χ1v) is 7.12. The van der Waals surface area contributed by atoms with Crippen molar-refractivity contribution in [1.82, 2.24) is 14.7 Å². The van der Waals surface area contributed by atoms with Gasteiger partial charge in [0.05, 0.1) is 5.69 Å². The molecule has 0 radical (unpaired) electrons. The van der Waals surface area contributed by atoms with E-state index in [4.69, 9.17) is 5.73 Å². The van der Waals surface area contributed by atoms with E-state index in [1.165, 1.54) is 12.1 Å². The Morgan fingerprint density at radius 2 is 2.33 bits per heavy atom. The summed E-state index contributed by atoms with van der Waals surface area (Å²) in [5.41, 5.74) is 6.95. The molecule has 0 bridgehead atoms. The number of hydrogen-bond acceptors (Lipinski definition) is 3. The van der Waals surface area contributed by atoms with E-state index in [2.05, 4.69) is 47.7 Å². The molecule has 1 aromatic heterocycles. The van der Waals surface area contributed by atoms with Crippen molar-refractivity contribution < 1.29 is 0 Å². The van der Waals surface area contributed by atoms with Gasteiger partial charge in [-0.3, -0.25) is 9.58 Å². The standard InChI is InChI=1S/C14H26N4/c1-4-11(2)18-6-5-14(16-18)10-17-9-13(8-15)7-12(17)3/h5-6,11-13H,4,7-10,15H2,1-3H3. The summed E-state index contributed by atoms with van der Waals surface area (Å²) in [5.74, 6) is 0.664. The van der Waals surface area contributed by atoms with Crippen LogP contribution in [0.25, 0.3) is 0 Å². The number of aromatic nitrogens is 2. The molecule has 4 heteroatoms. The van der Waals surface area contributed by atoms with Crippen LogP contribution < -0.4 is 5.73 Å². The number of hydrogen-bond donors (Lipinski definition) is 1. The van der Waals surface area contributed by atoms with Gasteiger partial charge in [-0.1, -0.05) is 6.92 Å². The van der Waals surface area contributed by atoms with Crippen LogP contribution >= 0.6 is 0 Å². The van der Waals surface area contributed by atoms with Gasteiger partial charge in [0, 0.05) is 31.4 Å². The number of nitrogens with zero attached hydrogens (tertiary/aromatic N) is 3. The molecule has 1 aliphatic heterocycles. The van der Waals surface area contributed by atoms with Crippen LogP contribution in [0.15, 0.2) is 12.3 Å². The number of nitrogens with two attached hydrogens (primary N) is 1. The van der Waals surface area contributed by atoms with Gasteiger partial charge < -0.3 is 5.73 Å². The molecule has 2 N–H and O–H groups in total. The van der Waals surface area contributed by atoms with E-state index < -0.39 is 0 Å². The molecule has 0 saturated carbocycles. The monoisotopic (exact) mass is 250 g/mol. The minimum absolute atomic E-state index is 0.492. The molecular formula is C14H26N4. The lowest BCUT2D eigenvalue weighted by molar-refractivity contribution is 0.251. The Morgan fingerprint density at radius 3 is 2.94 bits per heavy atom. The fourth-order valence-corrected chi connectivity index (χ4v) is 2.71. The second-order valence-corrected chi connectivity index (χ2v) is 5.66. The van der Waals surface area contributed by atoms with Gasteiger partial charge in [0.25, 0.3) is 0 Å². The molecule has 2 heterocycles. The molecule has 0 aliphatic carbocycles. The van der Waals surface area contributed by atoms with E-state index in [1.807, 2.05) is 0 Å². The summed E-state index contributed by atoms with van der Waals surface area (Å²) in [4.78, 5) is 2.50. The average molecular weight is 250 g/mol. The predicted molar refractivity (Wildman–Crippen MR) is 74.3 cm³/mol. The van der Waals surface area contributed by atoms with Crippen LogP contribution in [0.5, 0.6) is 0 Å². The molecule has 4 nitrogen and oxygen atoms in total. The van der Waals surface area contributed by atoms with Gasteiger partial charge in [0.1, 0.15) is 0 Å². The highest BCUT2D eigenvalue weighted by Gasteiger charge is 2.28. The second-order valence-electron chi connectivity index (χ2n) is 5.66. The molecule has 0 aromatic carbocycles. The second kappa shape index (κ2) is 5.85. The summed E-state index contributed by atoms with van der Waals surface area (Å²) in [6, 6.07) is 3.27. The van der Waals surface area contributed by atoms with Crippen molar-refractivity contribution in [2.45, 2.75) is 52.2 Å². The molecule has 3 unspecified atom stereocenters. The first kappa shape index (κ1) is 13.6. The van der Waals surface area contributed by atoms with Crippen LogP contribution in [0.4, 0.5) is 0 Å². The highest BCUT2D eigenvalue weighted by atomic mass is 15.3. The van der Waals surface area contributed by atoms with Gasteiger partial charge in [-0.2, -0.15) is 5.10 Å². The minimum Gasteiger partial charge on any atom is -0.330 e. The predicted octanol–water partition coefficient (Wildman–Crippen LogP) is 2.02. The molecule has 3 atom stereocenters. The first-order valence-electron chi connectivity index (χ1n) is 7.12. The van der Waals surface area contributed by atoms with E-state index >= 15 is 0 Å². The van der Waals surface area contributed by atoms with E-state index in [-0.39, 0.29) is 0 Å². The van der Waals surface area contributed by atoms with E-state index in [0.717, 1.165) is 26.1 Å². The van der Waals surface area contributed by atoms with E-state index in [0.29, 0.717) is 18.0 Å². The van der Waals surface area contributed by atoms with E-state index in [1.54, 1.807) is 0 Å². The summed E-state index contributed by atoms with van der Waals surface area (Å²) >= 11 is 0. The van der Waals surface area contributed by atoms with Gasteiger partial charge in [0.2, 0.25) is 0 Å². The van der Waals surface area contributed by atoms with Crippen molar-refractivity contribution in [3.8, 4) is 0 Å². The summed E-state index contributed by atoms with van der Waals surface area (Å²) < 4.78 is 2.08. The van der Waals surface area contributed by atoms with Crippen LogP contribution in [-0.4, -0.2) is 33.8 Å². The number of rotatable bonds is 5. The van der Waals surface area contributed by atoms with Crippen LogP contribution in [0.2, 0.25) is 0 Å². The quantitative estimate of drug-likeness (QED) is 0.869. The van der Waals surface area contributed by atoms with Crippen molar-refractivity contribution in [2.24, 2.45) is 11.7 Å². The molecule has 18 heavy (non-hydrogen) atoms. The minimum atomic E-state index is 0.492. The zero-order chi connectivity index (χ0) is 13.1. The third-order valence-corrected chi connectivity index (χ3v) is 4.19. The smallest absolute Gasteiger partial charge is 0.0764 e.